The Kier molecular flexibility index (Phi) is 3.76. The molecule has 2 aromatic rings. The highest BCUT2D eigenvalue weighted by Crippen LogP contribution is 2.42. The molecule has 2 saturated heterocycles. The average molecular weight is 395 g/mol. The van der Waals surface area contributed by atoms with Crippen molar-refractivity contribution in [2.45, 2.75) is 50.0 Å². The van der Waals surface area contributed by atoms with Crippen molar-refractivity contribution in [3.63, 3.8) is 0 Å². The van der Waals surface area contributed by atoms with Gasteiger partial charge in [0.15, 0.2) is 0 Å². The second-order valence-corrected chi connectivity index (χ2v) is 8.69. The molecule has 2 fully saturated rings. The van der Waals surface area contributed by atoms with Crippen LogP contribution in [0.15, 0.2) is 36.5 Å². The monoisotopic (exact) mass is 395 g/mol. The van der Waals surface area contributed by atoms with Gasteiger partial charge in [0.1, 0.15) is 12.1 Å². The zero-order valence-electron chi connectivity index (χ0n) is 16.8. The molecule has 29 heavy (non-hydrogen) atoms. The zero-order chi connectivity index (χ0) is 20.6. The summed E-state index contributed by atoms with van der Waals surface area (Å²) < 4.78 is 5.52. The normalized spacial score (nSPS) is 31.9. The Balaban J connectivity index is 1.69. The number of allylic oxidation sites excluding steroid dienone is 1. The molecule has 0 saturated carbocycles. The molecule has 3 aliphatic heterocycles. The number of aliphatic hydroxyl groups is 1. The first-order chi connectivity index (χ1) is 13.8. The molecule has 3 aliphatic rings. The van der Waals surface area contributed by atoms with Gasteiger partial charge in [-0.1, -0.05) is 38.1 Å². The van der Waals surface area contributed by atoms with Crippen LogP contribution < -0.4 is 0 Å². The molecule has 0 bridgehead atoms. The van der Waals surface area contributed by atoms with Gasteiger partial charge in [-0.15, -0.1) is 0 Å². The SMILES string of the molecule is CO[C@@]12C(=O)N3/C=C\C(C)(C)c4[nH]c5ccccc5c4C[C@H]3C(=O)N1CC[C@@H]2O. The van der Waals surface area contributed by atoms with Crippen molar-refractivity contribution in [2.24, 2.45) is 0 Å². The Morgan fingerprint density at radius 3 is 2.76 bits per heavy atom. The van der Waals surface area contributed by atoms with Crippen molar-refractivity contribution in [1.29, 1.82) is 0 Å². The molecule has 0 unspecified atom stereocenters. The molecule has 3 atom stereocenters. The van der Waals surface area contributed by atoms with Crippen LogP contribution in [0.5, 0.6) is 0 Å². The third kappa shape index (κ3) is 2.25. The summed E-state index contributed by atoms with van der Waals surface area (Å²) in [6.07, 6.45) is 3.32. The lowest BCUT2D eigenvalue weighted by molar-refractivity contribution is -0.210. The number of aromatic nitrogens is 1. The quantitative estimate of drug-likeness (QED) is 0.769. The molecule has 7 nitrogen and oxygen atoms in total. The number of carbonyl (C=O) groups excluding carboxylic acids is 2. The summed E-state index contributed by atoms with van der Waals surface area (Å²) in [6, 6.07) is 7.37. The van der Waals surface area contributed by atoms with Gasteiger partial charge in [0.25, 0.3) is 11.6 Å². The first-order valence-corrected chi connectivity index (χ1v) is 9.98. The van der Waals surface area contributed by atoms with Crippen molar-refractivity contribution >= 4 is 22.7 Å². The van der Waals surface area contributed by atoms with Crippen molar-refractivity contribution in [3.8, 4) is 0 Å². The van der Waals surface area contributed by atoms with Crippen LogP contribution in [0, 0.1) is 0 Å². The summed E-state index contributed by atoms with van der Waals surface area (Å²) in [5, 5.41) is 11.6. The topological polar surface area (TPSA) is 85.9 Å². The molecule has 1 aromatic heterocycles. The maximum absolute atomic E-state index is 13.5. The first kappa shape index (κ1) is 18.4. The van der Waals surface area contributed by atoms with Crippen LogP contribution in [-0.2, 0) is 26.2 Å². The van der Waals surface area contributed by atoms with E-state index < -0.39 is 17.9 Å². The molecule has 0 spiro atoms. The van der Waals surface area contributed by atoms with Crippen LogP contribution in [0.25, 0.3) is 10.9 Å². The highest BCUT2D eigenvalue weighted by Gasteiger charge is 2.63. The van der Waals surface area contributed by atoms with E-state index in [-0.39, 0.29) is 17.2 Å². The predicted molar refractivity (Wildman–Crippen MR) is 107 cm³/mol. The Hall–Kier alpha value is -2.64. The van der Waals surface area contributed by atoms with Crippen molar-refractivity contribution in [2.75, 3.05) is 13.7 Å². The van der Waals surface area contributed by atoms with Gasteiger partial charge in [0, 0.05) is 48.3 Å². The number of hydrogen-bond acceptors (Lipinski definition) is 4. The first-order valence-electron chi connectivity index (χ1n) is 9.98. The minimum atomic E-state index is -1.63. The van der Waals surface area contributed by atoms with E-state index in [1.54, 1.807) is 6.20 Å². The fraction of sp³-hybridized carbons (Fsp3) is 0.455. The number of nitrogens with one attached hydrogen (secondary N) is 1. The van der Waals surface area contributed by atoms with Gasteiger partial charge in [0.05, 0.1) is 0 Å². The van der Waals surface area contributed by atoms with Gasteiger partial charge < -0.3 is 24.6 Å². The molecule has 0 aliphatic carbocycles. The predicted octanol–water partition coefficient (Wildman–Crippen LogP) is 1.66. The Morgan fingerprint density at radius 1 is 1.24 bits per heavy atom. The number of ether oxygens (including phenoxy) is 1. The summed E-state index contributed by atoms with van der Waals surface area (Å²) in [4.78, 5) is 33.4. The van der Waals surface area contributed by atoms with Gasteiger partial charge in [-0.05, 0) is 18.1 Å². The molecule has 1 aromatic carbocycles. The summed E-state index contributed by atoms with van der Waals surface area (Å²) >= 11 is 0. The van der Waals surface area contributed by atoms with E-state index in [0.717, 1.165) is 22.2 Å². The fourth-order valence-electron chi connectivity index (χ4n) is 5.15. The zero-order valence-corrected chi connectivity index (χ0v) is 16.8. The molecule has 7 heteroatoms. The number of fused-ring (bicyclic) bond motifs is 5. The molecular weight excluding hydrogens is 370 g/mol. The lowest BCUT2D eigenvalue weighted by atomic mass is 9.82. The summed E-state index contributed by atoms with van der Waals surface area (Å²) in [5.41, 5.74) is 1.12. The van der Waals surface area contributed by atoms with Crippen molar-refractivity contribution in [1.82, 2.24) is 14.8 Å². The van der Waals surface area contributed by atoms with Crippen molar-refractivity contribution < 1.29 is 19.4 Å². The van der Waals surface area contributed by atoms with E-state index in [0.29, 0.717) is 19.4 Å². The van der Waals surface area contributed by atoms with Crippen LogP contribution in [0.1, 0.15) is 31.5 Å². The minimum Gasteiger partial charge on any atom is -0.387 e. The highest BCUT2D eigenvalue weighted by atomic mass is 16.5. The smallest absolute Gasteiger partial charge is 0.283 e. The number of aliphatic hydroxyl groups excluding tert-OH is 1. The van der Waals surface area contributed by atoms with Gasteiger partial charge in [-0.3, -0.25) is 9.59 Å². The molecule has 2 N–H and O–H groups in total. The van der Waals surface area contributed by atoms with Crippen LogP contribution >= 0.6 is 0 Å². The molecule has 5 rings (SSSR count). The number of para-hydroxylation sites is 1. The number of methoxy groups -OCH3 is 1. The van der Waals surface area contributed by atoms with E-state index in [9.17, 15) is 14.7 Å². The number of hydrogen-bond donors (Lipinski definition) is 2. The largest absolute Gasteiger partial charge is 0.387 e. The third-order valence-corrected chi connectivity index (χ3v) is 6.73. The Bertz CT molecular complexity index is 1060. The maximum atomic E-state index is 13.5. The highest BCUT2D eigenvalue weighted by molar-refractivity contribution is 6.01. The fourth-order valence-corrected chi connectivity index (χ4v) is 5.15. The van der Waals surface area contributed by atoms with Crippen LogP contribution in [0.4, 0.5) is 0 Å². The number of nitrogens with zero attached hydrogens (tertiary/aromatic N) is 2. The van der Waals surface area contributed by atoms with Gasteiger partial charge in [-0.2, -0.15) is 0 Å². The van der Waals surface area contributed by atoms with Crippen LogP contribution in [-0.4, -0.2) is 63.2 Å². The number of amides is 2. The average Bonchev–Trinajstić information content (AvgIpc) is 3.24. The summed E-state index contributed by atoms with van der Waals surface area (Å²) in [6.45, 7) is 4.47. The number of carbonyl (C=O) groups is 2. The van der Waals surface area contributed by atoms with E-state index in [4.69, 9.17) is 4.74 Å². The van der Waals surface area contributed by atoms with E-state index in [1.165, 1.54) is 16.9 Å². The number of aromatic amines is 1. The second kappa shape index (κ2) is 5.93. The van der Waals surface area contributed by atoms with Gasteiger partial charge in [0.2, 0.25) is 5.91 Å². The molecule has 4 heterocycles. The standard InChI is InChI=1S/C22H25N3O4/c1-21(2)9-11-24-16(12-14-13-6-4-5-7-15(13)23-18(14)21)19(27)25-10-8-17(26)22(25,29-3)20(24)28/h4-7,9,11,16-17,23,26H,8,10,12H2,1-3H3/b11-9-/t16-,17-,22-/m0/s1. The van der Waals surface area contributed by atoms with E-state index >= 15 is 0 Å². The third-order valence-electron chi connectivity index (χ3n) is 6.73. The van der Waals surface area contributed by atoms with Crippen LogP contribution in [0.2, 0.25) is 0 Å². The lowest BCUT2D eigenvalue weighted by Crippen LogP contribution is -2.72. The molecule has 152 valence electrons. The number of H-pyrrole nitrogens is 1. The number of rotatable bonds is 1. The summed E-state index contributed by atoms with van der Waals surface area (Å²) in [5.74, 6) is -0.575. The second-order valence-electron chi connectivity index (χ2n) is 8.69. The summed E-state index contributed by atoms with van der Waals surface area (Å²) in [7, 11) is 1.38. The minimum absolute atomic E-state index is 0.191. The Morgan fingerprint density at radius 2 is 2.00 bits per heavy atom. The molecule has 2 amide bonds. The van der Waals surface area contributed by atoms with E-state index in [2.05, 4.69) is 18.8 Å². The molecule has 0 radical (unpaired) electrons. The van der Waals surface area contributed by atoms with Gasteiger partial charge in [-0.25, -0.2) is 0 Å². The number of benzene rings is 1. The lowest BCUT2D eigenvalue weighted by Gasteiger charge is -2.48. The van der Waals surface area contributed by atoms with E-state index in [1.807, 2.05) is 30.3 Å². The van der Waals surface area contributed by atoms with Crippen molar-refractivity contribution in [3.05, 3.63) is 47.8 Å². The van der Waals surface area contributed by atoms with Gasteiger partial charge >= 0.3 is 0 Å². The molecular formula is C22H25N3O4. The van der Waals surface area contributed by atoms with Crippen LogP contribution in [0.3, 0.4) is 0 Å². The number of piperazine rings is 1. The maximum Gasteiger partial charge on any atom is 0.283 e. The Labute approximate surface area is 168 Å².